The van der Waals surface area contributed by atoms with Crippen molar-refractivity contribution >= 4 is 40.9 Å². The molecule has 0 radical (unpaired) electrons. The van der Waals surface area contributed by atoms with Crippen molar-refractivity contribution in [2.45, 2.75) is 6.42 Å². The van der Waals surface area contributed by atoms with Gasteiger partial charge in [-0.15, -0.1) is 0 Å². The Labute approximate surface area is 302 Å². The maximum absolute atomic E-state index is 11.3. The summed E-state index contributed by atoms with van der Waals surface area (Å²) in [5, 5.41) is 4.38. The summed E-state index contributed by atoms with van der Waals surface area (Å²) in [6.07, 6.45) is 5.47. The summed E-state index contributed by atoms with van der Waals surface area (Å²) in [5.41, 5.74) is 4.11. The molecule has 0 bridgehead atoms. The molecular weight excluding hydrogens is 687 g/mol. The summed E-state index contributed by atoms with van der Waals surface area (Å²) >= 11 is 0. The van der Waals surface area contributed by atoms with Crippen molar-refractivity contribution < 1.29 is 26.5 Å². The summed E-state index contributed by atoms with van der Waals surface area (Å²) in [7, 11) is -0.416. The van der Waals surface area contributed by atoms with Gasteiger partial charge >= 0.3 is 5.97 Å². The number of hydrogen-bond acceptors (Lipinski definition) is 4. The highest BCUT2D eigenvalue weighted by Gasteiger charge is 2.44. The van der Waals surface area contributed by atoms with Gasteiger partial charge in [0.1, 0.15) is 23.2 Å². The molecule has 1 aliphatic rings. The number of benzene rings is 5. The van der Waals surface area contributed by atoms with E-state index in [1.807, 2.05) is 24.3 Å². The number of carbonyl (C=O) groups is 1. The molecule has 0 unspecified atom stereocenters. The fraction of sp³-hybridized carbons (Fsp3) is 0.186. The minimum Gasteiger partial charge on any atom is -1.00 e. The van der Waals surface area contributed by atoms with Crippen molar-refractivity contribution in [3.05, 3.63) is 162 Å². The van der Waals surface area contributed by atoms with Gasteiger partial charge in [-0.3, -0.25) is 4.90 Å². The normalized spacial score (nSPS) is 13.3. The molecule has 6 heteroatoms. The second-order valence-electron chi connectivity index (χ2n) is 12.0. The third-order valence-corrected chi connectivity index (χ3v) is 13.6. The van der Waals surface area contributed by atoms with Crippen LogP contribution < -0.4 is 37.8 Å². The van der Waals surface area contributed by atoms with Gasteiger partial charge in [-0.2, -0.15) is 0 Å². The standard InChI is InChI=1S/C43H42N2O2P.BrH/c1-47-43(46)29-26-37-21-18-36(19-22-37)20-23-38-24-27-39(28-25-38)45-33-31-44(32-34-45)30-11-35-48(40-12-5-2-6-13-40,41-14-7-3-8-15-41)42-16-9-4-10-17-42;/h2-10,12-19,21-22,24-29H,11,30-35H2,1H3;1H/q+1;/p-1/b29-26+;. The quantitative estimate of drug-likeness (QED) is 0.0950. The second-order valence-corrected chi connectivity index (χ2v) is 15.6. The molecule has 0 amide bonds. The van der Waals surface area contributed by atoms with Crippen molar-refractivity contribution in [1.29, 1.82) is 0 Å². The average molecular weight is 730 g/mol. The Morgan fingerprint density at radius 2 is 1.14 bits per heavy atom. The van der Waals surface area contributed by atoms with E-state index in [1.165, 1.54) is 34.8 Å². The van der Waals surface area contributed by atoms with Crippen molar-refractivity contribution in [2.24, 2.45) is 0 Å². The fourth-order valence-corrected chi connectivity index (χ4v) is 10.8. The van der Waals surface area contributed by atoms with Crippen LogP contribution >= 0.6 is 7.26 Å². The zero-order valence-electron chi connectivity index (χ0n) is 27.9. The Balaban J connectivity index is 0.00000468. The molecule has 0 spiro atoms. The van der Waals surface area contributed by atoms with Crippen molar-refractivity contribution in [3.63, 3.8) is 0 Å². The number of ether oxygens (including phenoxy) is 1. The Morgan fingerprint density at radius 3 is 1.61 bits per heavy atom. The first-order chi connectivity index (χ1) is 23.6. The van der Waals surface area contributed by atoms with Gasteiger partial charge in [0.25, 0.3) is 0 Å². The van der Waals surface area contributed by atoms with E-state index in [1.54, 1.807) is 6.08 Å². The minimum absolute atomic E-state index is 0. The Hall–Kier alpha value is -4.46. The zero-order chi connectivity index (χ0) is 33.0. The Morgan fingerprint density at radius 1 is 0.673 bits per heavy atom. The SMILES string of the molecule is COC(=O)/C=C/c1ccc(C#Cc2ccc(N3CCN(CCC[P+](c4ccccc4)(c4ccccc4)c4ccccc4)CC3)cc2)cc1.[Br-]. The molecule has 0 aromatic heterocycles. The molecule has 1 aliphatic heterocycles. The van der Waals surface area contributed by atoms with E-state index in [4.69, 9.17) is 0 Å². The average Bonchev–Trinajstić information content (AvgIpc) is 3.17. The van der Waals surface area contributed by atoms with Crippen LogP contribution in [0.5, 0.6) is 0 Å². The molecule has 0 atom stereocenters. The number of carbonyl (C=O) groups excluding carboxylic acids is 1. The monoisotopic (exact) mass is 728 g/mol. The first-order valence-corrected chi connectivity index (χ1v) is 18.6. The fourth-order valence-electron chi connectivity index (χ4n) is 6.45. The predicted molar refractivity (Wildman–Crippen MR) is 203 cm³/mol. The molecule has 248 valence electrons. The molecular formula is C43H42BrN2O2P. The lowest BCUT2D eigenvalue weighted by Gasteiger charge is -2.36. The predicted octanol–water partition coefficient (Wildman–Crippen LogP) is 3.78. The number of esters is 1. The highest BCUT2D eigenvalue weighted by atomic mass is 79.9. The van der Waals surface area contributed by atoms with Crippen LogP contribution in [0, 0.1) is 11.8 Å². The van der Waals surface area contributed by atoms with Crippen LogP contribution in [0.25, 0.3) is 6.08 Å². The number of halogens is 1. The molecule has 0 aliphatic carbocycles. The molecule has 5 aromatic rings. The van der Waals surface area contributed by atoms with Crippen LogP contribution in [0.3, 0.4) is 0 Å². The first-order valence-electron chi connectivity index (χ1n) is 16.6. The van der Waals surface area contributed by atoms with Gasteiger partial charge in [0, 0.05) is 55.6 Å². The lowest BCUT2D eigenvalue weighted by atomic mass is 10.1. The lowest BCUT2D eigenvalue weighted by molar-refractivity contribution is -0.134. The van der Waals surface area contributed by atoms with Crippen LogP contribution in [0.15, 0.2) is 146 Å². The van der Waals surface area contributed by atoms with Gasteiger partial charge in [-0.05, 0) is 90.9 Å². The van der Waals surface area contributed by atoms with Crippen LogP contribution in [-0.4, -0.2) is 56.9 Å². The Bertz CT molecular complexity index is 1750. The van der Waals surface area contributed by atoms with Gasteiger partial charge in [-0.1, -0.05) is 78.6 Å². The second kappa shape index (κ2) is 17.8. The van der Waals surface area contributed by atoms with E-state index in [0.29, 0.717) is 0 Å². The maximum atomic E-state index is 11.3. The molecule has 1 fully saturated rings. The summed E-state index contributed by atoms with van der Waals surface area (Å²) in [4.78, 5) is 16.4. The molecule has 0 saturated carbocycles. The topological polar surface area (TPSA) is 32.8 Å². The maximum Gasteiger partial charge on any atom is 0.330 e. The summed E-state index contributed by atoms with van der Waals surface area (Å²) in [5.74, 6) is 6.16. The smallest absolute Gasteiger partial charge is 0.330 e. The van der Waals surface area contributed by atoms with E-state index in [9.17, 15) is 4.79 Å². The molecule has 4 nitrogen and oxygen atoms in total. The summed E-state index contributed by atoms with van der Waals surface area (Å²) < 4.78 is 4.65. The molecule has 0 N–H and O–H groups in total. The Kier molecular flexibility index (Phi) is 13.0. The number of anilines is 1. The highest BCUT2D eigenvalue weighted by molar-refractivity contribution is 7.95. The lowest BCUT2D eigenvalue weighted by Crippen LogP contribution is -3.00. The minimum atomic E-state index is -1.79. The van der Waals surface area contributed by atoms with Crippen LogP contribution in [-0.2, 0) is 9.53 Å². The third-order valence-electron chi connectivity index (χ3n) is 9.04. The van der Waals surface area contributed by atoms with E-state index < -0.39 is 7.26 Å². The zero-order valence-corrected chi connectivity index (χ0v) is 30.4. The summed E-state index contributed by atoms with van der Waals surface area (Å²) in [6, 6.07) is 50.1. The van der Waals surface area contributed by atoms with E-state index >= 15 is 0 Å². The number of piperazine rings is 1. The van der Waals surface area contributed by atoms with Crippen LogP contribution in [0.2, 0.25) is 0 Å². The summed E-state index contributed by atoms with van der Waals surface area (Å²) in [6.45, 7) is 5.30. The van der Waals surface area contributed by atoms with Crippen molar-refractivity contribution in [1.82, 2.24) is 4.90 Å². The number of methoxy groups -OCH3 is 1. The van der Waals surface area contributed by atoms with Gasteiger partial charge in [0.15, 0.2) is 0 Å². The van der Waals surface area contributed by atoms with Gasteiger partial charge in [0.05, 0.1) is 13.3 Å². The molecule has 6 rings (SSSR count). The van der Waals surface area contributed by atoms with E-state index in [-0.39, 0.29) is 23.0 Å². The molecule has 5 aromatic carbocycles. The third kappa shape index (κ3) is 9.17. The van der Waals surface area contributed by atoms with Gasteiger partial charge in [-0.25, -0.2) is 4.79 Å². The van der Waals surface area contributed by atoms with Crippen molar-refractivity contribution in [3.8, 4) is 11.8 Å². The molecule has 1 saturated heterocycles. The van der Waals surface area contributed by atoms with Crippen LogP contribution in [0.4, 0.5) is 5.69 Å². The first kappa shape index (κ1) is 35.8. The molecule has 49 heavy (non-hydrogen) atoms. The van der Waals surface area contributed by atoms with Gasteiger partial charge in [0.2, 0.25) is 0 Å². The van der Waals surface area contributed by atoms with Crippen molar-refractivity contribution in [2.75, 3.05) is 50.9 Å². The number of nitrogens with zero attached hydrogens (tertiary/aromatic N) is 2. The highest BCUT2D eigenvalue weighted by Crippen LogP contribution is 2.55. The number of rotatable bonds is 10. The number of hydrogen-bond donors (Lipinski definition) is 0. The van der Waals surface area contributed by atoms with E-state index in [2.05, 4.69) is 142 Å². The molecule has 1 heterocycles. The van der Waals surface area contributed by atoms with E-state index in [0.717, 1.165) is 62.0 Å². The van der Waals surface area contributed by atoms with Crippen LogP contribution in [0.1, 0.15) is 23.1 Å². The largest absolute Gasteiger partial charge is 1.00 e. The van der Waals surface area contributed by atoms with Gasteiger partial charge < -0.3 is 26.6 Å².